The van der Waals surface area contributed by atoms with Crippen LogP contribution >= 0.6 is 0 Å². The van der Waals surface area contributed by atoms with Crippen LogP contribution in [0.1, 0.15) is 17.3 Å². The Morgan fingerprint density at radius 2 is 1.56 bits per heavy atom. The molecular weight excluding hydrogens is 463 g/mol. The summed E-state index contributed by atoms with van der Waals surface area (Å²) < 4.78 is 49.9. The Labute approximate surface area is 197 Å². The van der Waals surface area contributed by atoms with Gasteiger partial charge < -0.3 is 14.8 Å². The number of benzene rings is 3. The summed E-state index contributed by atoms with van der Waals surface area (Å²) in [6.45, 7) is 1.72. The second-order valence-corrected chi connectivity index (χ2v) is 9.02. The molecule has 0 aromatic heterocycles. The zero-order chi connectivity index (χ0) is 24.7. The topological polar surface area (TPSA) is 102 Å². The first-order valence-electron chi connectivity index (χ1n) is 10.2. The first-order valence-corrected chi connectivity index (χ1v) is 11.7. The summed E-state index contributed by atoms with van der Waals surface area (Å²) in [5.41, 5.74) is 1.23. The van der Waals surface area contributed by atoms with Crippen LogP contribution in [0.5, 0.6) is 5.75 Å². The fourth-order valence-corrected chi connectivity index (χ4v) is 4.10. The van der Waals surface area contributed by atoms with Gasteiger partial charge in [-0.3, -0.25) is 9.10 Å². The number of sulfonamides is 1. The molecule has 3 rings (SSSR count). The molecule has 178 valence electrons. The number of nitrogens with one attached hydrogen (secondary N) is 1. The number of ether oxygens (including phenoxy) is 2. The average molecular weight is 487 g/mol. The third-order valence-electron chi connectivity index (χ3n) is 4.72. The van der Waals surface area contributed by atoms with Gasteiger partial charge in [0.2, 0.25) is 0 Å². The van der Waals surface area contributed by atoms with E-state index in [1.54, 1.807) is 31.2 Å². The van der Waals surface area contributed by atoms with Crippen LogP contribution in [0, 0.1) is 5.82 Å². The van der Waals surface area contributed by atoms with E-state index in [4.69, 9.17) is 9.47 Å². The van der Waals surface area contributed by atoms with Gasteiger partial charge in [0.25, 0.3) is 15.9 Å². The number of amides is 1. The monoisotopic (exact) mass is 486 g/mol. The molecule has 0 saturated heterocycles. The highest BCUT2D eigenvalue weighted by molar-refractivity contribution is 7.92. The third kappa shape index (κ3) is 6.10. The number of nitrogens with zero attached hydrogens (tertiary/aromatic N) is 1. The van der Waals surface area contributed by atoms with E-state index in [0.717, 1.165) is 16.4 Å². The molecule has 0 saturated carbocycles. The van der Waals surface area contributed by atoms with Crippen LogP contribution in [0.4, 0.5) is 15.8 Å². The molecule has 0 heterocycles. The standard InChI is InChI=1S/C24H23FN2O6S/c1-3-32-24(29)17-4-8-19(9-5-17)26-23(28)16-33-21-12-10-20(11-13-21)27(2)34(30,31)22-14-6-18(25)7-15-22/h4-15H,3,16H2,1-2H3,(H,26,28). The number of rotatable bonds is 9. The molecule has 0 aliphatic carbocycles. The van der Waals surface area contributed by atoms with Crippen molar-refractivity contribution in [3.63, 3.8) is 0 Å². The number of hydrogen-bond acceptors (Lipinski definition) is 6. The Balaban J connectivity index is 1.55. The quantitative estimate of drug-likeness (QED) is 0.461. The van der Waals surface area contributed by atoms with Gasteiger partial charge in [0, 0.05) is 12.7 Å². The van der Waals surface area contributed by atoms with Crippen LogP contribution in [0.3, 0.4) is 0 Å². The van der Waals surface area contributed by atoms with Crippen molar-refractivity contribution < 1.29 is 31.9 Å². The summed E-state index contributed by atoms with van der Waals surface area (Å²) in [6.07, 6.45) is 0. The van der Waals surface area contributed by atoms with Crippen molar-refractivity contribution in [2.75, 3.05) is 29.9 Å². The lowest BCUT2D eigenvalue weighted by molar-refractivity contribution is -0.118. The highest BCUT2D eigenvalue weighted by Gasteiger charge is 2.21. The fourth-order valence-electron chi connectivity index (χ4n) is 2.91. The minimum Gasteiger partial charge on any atom is -0.484 e. The Bertz CT molecular complexity index is 1240. The van der Waals surface area contributed by atoms with Crippen LogP contribution in [0.2, 0.25) is 0 Å². The predicted octanol–water partition coefficient (Wildman–Crippen LogP) is 3.85. The number of halogens is 1. The van der Waals surface area contributed by atoms with Gasteiger partial charge in [-0.25, -0.2) is 17.6 Å². The Morgan fingerprint density at radius 1 is 0.941 bits per heavy atom. The maximum Gasteiger partial charge on any atom is 0.338 e. The Morgan fingerprint density at radius 3 is 2.15 bits per heavy atom. The van der Waals surface area contributed by atoms with E-state index in [1.165, 1.54) is 43.4 Å². The number of carbonyl (C=O) groups is 2. The molecule has 0 unspecified atom stereocenters. The molecule has 0 aliphatic heterocycles. The van der Waals surface area contributed by atoms with Crippen LogP contribution < -0.4 is 14.4 Å². The van der Waals surface area contributed by atoms with Gasteiger partial charge in [-0.2, -0.15) is 0 Å². The molecule has 3 aromatic rings. The SMILES string of the molecule is CCOC(=O)c1ccc(NC(=O)COc2ccc(N(C)S(=O)(=O)c3ccc(F)cc3)cc2)cc1. The van der Waals surface area contributed by atoms with Gasteiger partial charge in [-0.05, 0) is 79.7 Å². The van der Waals surface area contributed by atoms with E-state index in [1.807, 2.05) is 0 Å². The molecule has 8 nitrogen and oxygen atoms in total. The van der Waals surface area contributed by atoms with E-state index >= 15 is 0 Å². The minimum atomic E-state index is -3.86. The molecule has 0 spiro atoms. The van der Waals surface area contributed by atoms with Crippen molar-refractivity contribution in [1.82, 2.24) is 0 Å². The molecule has 0 radical (unpaired) electrons. The second-order valence-electron chi connectivity index (χ2n) is 7.06. The predicted molar refractivity (Wildman–Crippen MR) is 125 cm³/mol. The zero-order valence-corrected chi connectivity index (χ0v) is 19.3. The molecule has 0 aliphatic rings. The Kier molecular flexibility index (Phi) is 7.85. The molecule has 0 atom stereocenters. The van der Waals surface area contributed by atoms with E-state index in [9.17, 15) is 22.4 Å². The van der Waals surface area contributed by atoms with Crippen LogP contribution in [0.15, 0.2) is 77.7 Å². The summed E-state index contributed by atoms with van der Waals surface area (Å²) in [5, 5.41) is 2.65. The summed E-state index contributed by atoms with van der Waals surface area (Å²) in [7, 11) is -2.48. The largest absolute Gasteiger partial charge is 0.484 e. The lowest BCUT2D eigenvalue weighted by Gasteiger charge is -2.20. The van der Waals surface area contributed by atoms with Gasteiger partial charge in [0.1, 0.15) is 11.6 Å². The number of esters is 1. The van der Waals surface area contributed by atoms with Crippen molar-refractivity contribution in [3.05, 3.63) is 84.2 Å². The van der Waals surface area contributed by atoms with Crippen LogP contribution in [-0.4, -0.2) is 40.6 Å². The Hall–Kier alpha value is -3.92. The van der Waals surface area contributed by atoms with E-state index in [0.29, 0.717) is 22.7 Å². The first kappa shape index (κ1) is 24.7. The van der Waals surface area contributed by atoms with Gasteiger partial charge >= 0.3 is 5.97 Å². The highest BCUT2D eigenvalue weighted by atomic mass is 32.2. The number of anilines is 2. The van der Waals surface area contributed by atoms with Crippen LogP contribution in [0.25, 0.3) is 0 Å². The first-order chi connectivity index (χ1) is 16.2. The lowest BCUT2D eigenvalue weighted by Crippen LogP contribution is -2.26. The van der Waals surface area contributed by atoms with E-state index in [-0.39, 0.29) is 18.1 Å². The lowest BCUT2D eigenvalue weighted by atomic mass is 10.2. The molecular formula is C24H23FN2O6S. The van der Waals surface area contributed by atoms with Gasteiger partial charge in [-0.1, -0.05) is 0 Å². The van der Waals surface area contributed by atoms with Gasteiger partial charge in [-0.15, -0.1) is 0 Å². The molecule has 3 aromatic carbocycles. The van der Waals surface area contributed by atoms with Crippen molar-refractivity contribution in [2.24, 2.45) is 0 Å². The van der Waals surface area contributed by atoms with Crippen molar-refractivity contribution in [1.29, 1.82) is 0 Å². The molecule has 1 N–H and O–H groups in total. The molecule has 10 heteroatoms. The summed E-state index contributed by atoms with van der Waals surface area (Å²) in [6, 6.07) is 16.9. The molecule has 0 fully saturated rings. The average Bonchev–Trinajstić information content (AvgIpc) is 2.83. The van der Waals surface area contributed by atoms with Gasteiger partial charge in [0.05, 0.1) is 22.8 Å². The summed E-state index contributed by atoms with van der Waals surface area (Å²) in [5.74, 6) is -1.02. The summed E-state index contributed by atoms with van der Waals surface area (Å²) >= 11 is 0. The maximum absolute atomic E-state index is 13.1. The highest BCUT2D eigenvalue weighted by Crippen LogP contribution is 2.24. The fraction of sp³-hybridized carbons (Fsp3) is 0.167. The summed E-state index contributed by atoms with van der Waals surface area (Å²) in [4.78, 5) is 23.8. The normalized spacial score (nSPS) is 10.9. The maximum atomic E-state index is 13.1. The van der Waals surface area contributed by atoms with Crippen LogP contribution in [-0.2, 0) is 19.6 Å². The van der Waals surface area contributed by atoms with E-state index in [2.05, 4.69) is 5.32 Å². The smallest absolute Gasteiger partial charge is 0.338 e. The van der Waals surface area contributed by atoms with E-state index < -0.39 is 27.7 Å². The van der Waals surface area contributed by atoms with Gasteiger partial charge in [0.15, 0.2) is 6.61 Å². The third-order valence-corrected chi connectivity index (χ3v) is 6.52. The van der Waals surface area contributed by atoms with Crippen molar-refractivity contribution >= 4 is 33.3 Å². The molecule has 34 heavy (non-hydrogen) atoms. The zero-order valence-electron chi connectivity index (χ0n) is 18.5. The second kappa shape index (κ2) is 10.8. The molecule has 0 bridgehead atoms. The molecule has 1 amide bonds. The van der Waals surface area contributed by atoms with Crippen molar-refractivity contribution in [2.45, 2.75) is 11.8 Å². The van der Waals surface area contributed by atoms with Crippen molar-refractivity contribution in [3.8, 4) is 5.75 Å². The minimum absolute atomic E-state index is 0.0383. The number of hydrogen-bond donors (Lipinski definition) is 1. The number of carbonyl (C=O) groups excluding carboxylic acids is 2.